The smallest absolute Gasteiger partial charge is 0.250 e. The SMILES string of the molecule is COCCNS(=O)(=O)c1cc(Cl)c(Br)s1. The van der Waals surface area contributed by atoms with Crippen molar-refractivity contribution in [3.8, 4) is 0 Å². The van der Waals surface area contributed by atoms with E-state index in [1.165, 1.54) is 13.2 Å². The lowest BCUT2D eigenvalue weighted by molar-refractivity contribution is 0.204. The molecule has 0 aliphatic carbocycles. The van der Waals surface area contributed by atoms with E-state index in [4.69, 9.17) is 16.3 Å². The lowest BCUT2D eigenvalue weighted by atomic mass is 10.7. The largest absolute Gasteiger partial charge is 0.383 e. The monoisotopic (exact) mass is 333 g/mol. The first kappa shape index (κ1) is 13.4. The van der Waals surface area contributed by atoms with E-state index in [0.717, 1.165) is 11.3 Å². The van der Waals surface area contributed by atoms with Gasteiger partial charge in [-0.05, 0) is 22.0 Å². The van der Waals surface area contributed by atoms with Gasteiger partial charge in [0.05, 0.1) is 15.4 Å². The van der Waals surface area contributed by atoms with E-state index in [-0.39, 0.29) is 10.8 Å². The molecule has 1 N–H and O–H groups in total. The van der Waals surface area contributed by atoms with Crippen LogP contribution in [0.25, 0.3) is 0 Å². The van der Waals surface area contributed by atoms with Crippen molar-refractivity contribution in [1.29, 1.82) is 0 Å². The highest BCUT2D eigenvalue weighted by molar-refractivity contribution is 9.11. The Bertz CT molecular complexity index is 412. The van der Waals surface area contributed by atoms with E-state index < -0.39 is 10.0 Å². The Kier molecular flexibility index (Phi) is 5.01. The molecule has 0 radical (unpaired) electrons. The zero-order valence-electron chi connectivity index (χ0n) is 7.79. The molecule has 0 aromatic carbocycles. The maximum Gasteiger partial charge on any atom is 0.250 e. The Labute approximate surface area is 106 Å². The summed E-state index contributed by atoms with van der Waals surface area (Å²) in [7, 11) is -1.95. The van der Waals surface area contributed by atoms with Gasteiger partial charge >= 0.3 is 0 Å². The molecular formula is C7H9BrClNO3S2. The lowest BCUT2D eigenvalue weighted by Crippen LogP contribution is -2.26. The fourth-order valence-electron chi connectivity index (χ4n) is 0.808. The molecule has 0 aliphatic heterocycles. The normalized spacial score (nSPS) is 11.9. The maximum absolute atomic E-state index is 11.6. The molecule has 0 atom stereocenters. The molecule has 86 valence electrons. The Morgan fingerprint density at radius 3 is 2.80 bits per heavy atom. The average Bonchev–Trinajstić information content (AvgIpc) is 2.48. The fraction of sp³-hybridized carbons (Fsp3) is 0.429. The highest BCUT2D eigenvalue weighted by Gasteiger charge is 2.18. The number of hydrogen-bond donors (Lipinski definition) is 1. The van der Waals surface area contributed by atoms with Gasteiger partial charge in [0.25, 0.3) is 0 Å². The fourth-order valence-corrected chi connectivity index (χ4v) is 4.26. The summed E-state index contributed by atoms with van der Waals surface area (Å²) in [5, 5.41) is 0.395. The van der Waals surface area contributed by atoms with E-state index in [1.807, 2.05) is 0 Å². The van der Waals surface area contributed by atoms with E-state index in [9.17, 15) is 8.42 Å². The molecule has 1 rings (SSSR count). The number of nitrogens with one attached hydrogen (secondary N) is 1. The summed E-state index contributed by atoms with van der Waals surface area (Å²) in [6, 6.07) is 1.41. The molecule has 0 aliphatic rings. The molecular weight excluding hydrogens is 326 g/mol. The van der Waals surface area contributed by atoms with Crippen molar-refractivity contribution in [2.24, 2.45) is 0 Å². The molecule has 1 aromatic rings. The van der Waals surface area contributed by atoms with Crippen molar-refractivity contribution in [2.45, 2.75) is 4.21 Å². The predicted molar refractivity (Wildman–Crippen MR) is 64.1 cm³/mol. The summed E-state index contributed by atoms with van der Waals surface area (Å²) in [4.78, 5) is 0. The number of rotatable bonds is 5. The maximum atomic E-state index is 11.6. The van der Waals surface area contributed by atoms with Gasteiger partial charge in [-0.1, -0.05) is 11.6 Å². The number of ether oxygens (including phenoxy) is 1. The number of thiophene rings is 1. The summed E-state index contributed by atoms with van der Waals surface area (Å²) in [5.74, 6) is 0. The average molecular weight is 335 g/mol. The molecule has 1 heterocycles. The van der Waals surface area contributed by atoms with Crippen LogP contribution in [0.2, 0.25) is 5.02 Å². The van der Waals surface area contributed by atoms with Gasteiger partial charge in [0.1, 0.15) is 4.21 Å². The number of halogens is 2. The molecule has 0 bridgehead atoms. The van der Waals surface area contributed by atoms with Crippen LogP contribution < -0.4 is 4.72 Å². The third kappa shape index (κ3) is 3.69. The van der Waals surface area contributed by atoms with Crippen LogP contribution in [-0.4, -0.2) is 28.7 Å². The minimum Gasteiger partial charge on any atom is -0.383 e. The summed E-state index contributed by atoms with van der Waals surface area (Å²) >= 11 is 9.98. The van der Waals surface area contributed by atoms with Gasteiger partial charge in [-0.15, -0.1) is 11.3 Å². The highest BCUT2D eigenvalue weighted by Crippen LogP contribution is 2.34. The van der Waals surface area contributed by atoms with Crippen LogP contribution >= 0.6 is 38.9 Å². The summed E-state index contributed by atoms with van der Waals surface area (Å²) in [6.45, 7) is 0.575. The van der Waals surface area contributed by atoms with Crippen LogP contribution in [0, 0.1) is 0 Å². The van der Waals surface area contributed by atoms with Gasteiger partial charge in [0.2, 0.25) is 10.0 Å². The van der Waals surface area contributed by atoms with Crippen molar-refractivity contribution in [2.75, 3.05) is 20.3 Å². The minimum atomic E-state index is -3.46. The Hall–Kier alpha value is 0.340. The molecule has 0 saturated heterocycles. The van der Waals surface area contributed by atoms with Crippen LogP contribution in [0.3, 0.4) is 0 Å². The van der Waals surface area contributed by atoms with Gasteiger partial charge in [0, 0.05) is 13.7 Å². The zero-order valence-corrected chi connectivity index (χ0v) is 11.8. The van der Waals surface area contributed by atoms with Crippen molar-refractivity contribution < 1.29 is 13.2 Å². The Morgan fingerprint density at radius 2 is 2.33 bits per heavy atom. The second-order valence-electron chi connectivity index (χ2n) is 2.58. The van der Waals surface area contributed by atoms with Crippen molar-refractivity contribution in [3.63, 3.8) is 0 Å². The molecule has 1 aromatic heterocycles. The summed E-state index contributed by atoms with van der Waals surface area (Å²) in [6.07, 6.45) is 0. The van der Waals surface area contributed by atoms with Crippen LogP contribution in [0.1, 0.15) is 0 Å². The van der Waals surface area contributed by atoms with Gasteiger partial charge in [0.15, 0.2) is 0 Å². The molecule has 0 unspecified atom stereocenters. The minimum absolute atomic E-state index is 0.190. The Morgan fingerprint density at radius 1 is 1.67 bits per heavy atom. The first-order chi connectivity index (χ1) is 6.97. The van der Waals surface area contributed by atoms with E-state index in [2.05, 4.69) is 20.7 Å². The third-order valence-electron chi connectivity index (χ3n) is 1.49. The van der Waals surface area contributed by atoms with Gasteiger partial charge in [-0.25, -0.2) is 13.1 Å². The van der Waals surface area contributed by atoms with Crippen LogP contribution in [-0.2, 0) is 14.8 Å². The van der Waals surface area contributed by atoms with Crippen LogP contribution in [0.15, 0.2) is 14.1 Å². The highest BCUT2D eigenvalue weighted by atomic mass is 79.9. The van der Waals surface area contributed by atoms with Crippen molar-refractivity contribution >= 4 is 48.9 Å². The lowest BCUT2D eigenvalue weighted by Gasteiger charge is -2.02. The van der Waals surface area contributed by atoms with E-state index in [0.29, 0.717) is 15.4 Å². The van der Waals surface area contributed by atoms with Gasteiger partial charge < -0.3 is 4.74 Å². The van der Waals surface area contributed by atoms with Crippen LogP contribution in [0.5, 0.6) is 0 Å². The van der Waals surface area contributed by atoms with E-state index >= 15 is 0 Å². The third-order valence-corrected chi connectivity index (χ3v) is 5.90. The molecule has 4 nitrogen and oxygen atoms in total. The topological polar surface area (TPSA) is 55.4 Å². The molecule has 0 amide bonds. The molecule has 0 fully saturated rings. The molecule has 15 heavy (non-hydrogen) atoms. The molecule has 0 saturated carbocycles. The second kappa shape index (κ2) is 5.60. The summed E-state index contributed by atoms with van der Waals surface area (Å²) in [5.41, 5.74) is 0. The Balaban J connectivity index is 2.77. The molecule has 0 spiro atoms. The van der Waals surface area contributed by atoms with Crippen LogP contribution in [0.4, 0.5) is 0 Å². The van der Waals surface area contributed by atoms with Crippen molar-refractivity contribution in [1.82, 2.24) is 4.72 Å². The predicted octanol–water partition coefficient (Wildman–Crippen LogP) is 2.09. The number of methoxy groups -OCH3 is 1. The van der Waals surface area contributed by atoms with Crippen molar-refractivity contribution in [3.05, 3.63) is 14.9 Å². The first-order valence-corrected chi connectivity index (χ1v) is 7.38. The van der Waals surface area contributed by atoms with Gasteiger partial charge in [-0.2, -0.15) is 0 Å². The summed E-state index contributed by atoms with van der Waals surface area (Å²) < 4.78 is 31.2. The number of hydrogen-bond acceptors (Lipinski definition) is 4. The standard InChI is InChI=1S/C7H9BrClNO3S2/c1-13-3-2-10-15(11,12)6-4-5(9)7(8)14-6/h4,10H,2-3H2,1H3. The molecule has 8 heteroatoms. The zero-order chi connectivity index (χ0) is 11.5. The van der Waals surface area contributed by atoms with E-state index in [1.54, 1.807) is 0 Å². The van der Waals surface area contributed by atoms with Gasteiger partial charge in [-0.3, -0.25) is 0 Å². The number of sulfonamides is 1. The quantitative estimate of drug-likeness (QED) is 0.839. The second-order valence-corrected chi connectivity index (χ2v) is 7.35. The first-order valence-electron chi connectivity index (χ1n) is 3.91.